The zero-order chi connectivity index (χ0) is 14.7. The van der Waals surface area contributed by atoms with E-state index in [1.165, 1.54) is 0 Å². The number of benzene rings is 2. The first-order chi connectivity index (χ1) is 10.3. The summed E-state index contributed by atoms with van der Waals surface area (Å²) in [5, 5.41) is 11.6. The van der Waals surface area contributed by atoms with Gasteiger partial charge in [0, 0.05) is 4.47 Å². The molecule has 1 N–H and O–H groups in total. The Hall–Kier alpha value is -1.98. The molecule has 1 heterocycles. The van der Waals surface area contributed by atoms with Crippen LogP contribution >= 0.6 is 15.9 Å². The van der Waals surface area contributed by atoms with Crippen molar-refractivity contribution in [3.63, 3.8) is 0 Å². The Bertz CT molecular complexity index is 724. The lowest BCUT2D eigenvalue weighted by atomic mass is 10.0. The maximum atomic E-state index is 4.22. The first-order valence-corrected chi connectivity index (χ1v) is 7.47. The molecule has 0 fully saturated rings. The molecule has 0 radical (unpaired) electrons. The topological polar surface area (TPSA) is 42.7 Å². The molecule has 0 amide bonds. The van der Waals surface area contributed by atoms with Crippen LogP contribution in [0.15, 0.2) is 65.3 Å². The first kappa shape index (κ1) is 14.0. The number of para-hydroxylation sites is 1. The molecule has 0 bridgehead atoms. The Kier molecular flexibility index (Phi) is 4.13. The number of hydrogen-bond donors (Lipinski definition) is 1. The van der Waals surface area contributed by atoms with Gasteiger partial charge in [-0.2, -0.15) is 0 Å². The molecule has 0 aliphatic carbocycles. The number of halogens is 1. The van der Waals surface area contributed by atoms with E-state index in [-0.39, 0.29) is 6.04 Å². The van der Waals surface area contributed by atoms with Crippen molar-refractivity contribution in [1.82, 2.24) is 20.3 Å². The maximum Gasteiger partial charge on any atom is 0.0860 e. The summed E-state index contributed by atoms with van der Waals surface area (Å²) in [5.41, 5.74) is 3.16. The third kappa shape index (κ3) is 2.89. The van der Waals surface area contributed by atoms with Crippen LogP contribution in [-0.2, 0) is 0 Å². The van der Waals surface area contributed by atoms with E-state index in [1.54, 1.807) is 6.20 Å². The third-order valence-corrected chi connectivity index (χ3v) is 3.84. The Morgan fingerprint density at radius 1 is 1.10 bits per heavy atom. The summed E-state index contributed by atoms with van der Waals surface area (Å²) in [6.07, 6.45) is 1.80. The number of nitrogens with one attached hydrogen (secondary N) is 1. The van der Waals surface area contributed by atoms with Crippen molar-refractivity contribution in [3.05, 3.63) is 76.5 Å². The quantitative estimate of drug-likeness (QED) is 0.790. The predicted molar refractivity (Wildman–Crippen MR) is 86.4 cm³/mol. The molecule has 0 saturated carbocycles. The van der Waals surface area contributed by atoms with Gasteiger partial charge in [-0.05, 0) is 36.9 Å². The van der Waals surface area contributed by atoms with E-state index < -0.39 is 0 Å². The minimum Gasteiger partial charge on any atom is -0.308 e. The highest BCUT2D eigenvalue weighted by Crippen LogP contribution is 2.25. The van der Waals surface area contributed by atoms with Crippen LogP contribution in [0.3, 0.4) is 0 Å². The van der Waals surface area contributed by atoms with Crippen molar-refractivity contribution in [3.8, 4) is 5.69 Å². The van der Waals surface area contributed by atoms with Crippen molar-refractivity contribution in [1.29, 1.82) is 0 Å². The second-order valence-electron chi connectivity index (χ2n) is 4.68. The molecule has 1 unspecified atom stereocenters. The molecule has 4 nitrogen and oxygen atoms in total. The van der Waals surface area contributed by atoms with Crippen LogP contribution in [0.5, 0.6) is 0 Å². The lowest BCUT2D eigenvalue weighted by Crippen LogP contribution is -2.21. The Labute approximate surface area is 131 Å². The summed E-state index contributed by atoms with van der Waals surface area (Å²) in [4.78, 5) is 0. The molecular weight excluding hydrogens is 328 g/mol. The summed E-state index contributed by atoms with van der Waals surface area (Å²) in [7, 11) is 1.94. The van der Waals surface area contributed by atoms with Gasteiger partial charge in [-0.1, -0.05) is 51.5 Å². The summed E-state index contributed by atoms with van der Waals surface area (Å²) in [5.74, 6) is 0. The molecule has 0 spiro atoms. The van der Waals surface area contributed by atoms with Crippen LogP contribution in [0.4, 0.5) is 0 Å². The highest BCUT2D eigenvalue weighted by Gasteiger charge is 2.18. The Morgan fingerprint density at radius 3 is 2.62 bits per heavy atom. The molecule has 1 aromatic heterocycles. The van der Waals surface area contributed by atoms with Crippen molar-refractivity contribution < 1.29 is 0 Å². The second kappa shape index (κ2) is 6.20. The Morgan fingerprint density at radius 2 is 1.90 bits per heavy atom. The second-order valence-corrected chi connectivity index (χ2v) is 5.60. The molecule has 3 rings (SSSR count). The fourth-order valence-corrected chi connectivity index (χ4v) is 2.80. The maximum absolute atomic E-state index is 4.22. The minimum absolute atomic E-state index is 0.0257. The summed E-state index contributed by atoms with van der Waals surface area (Å²) in [6, 6.07) is 18.3. The standard InChI is InChI=1S/C16H15BrN4/c1-18-16(12-6-5-7-13(17)10-12)15-11-19-20-21(15)14-8-3-2-4-9-14/h2-11,16,18H,1H3. The van der Waals surface area contributed by atoms with E-state index in [0.717, 1.165) is 21.4 Å². The molecule has 3 aromatic rings. The summed E-state index contributed by atoms with van der Waals surface area (Å²) < 4.78 is 2.92. The van der Waals surface area contributed by atoms with Gasteiger partial charge in [0.2, 0.25) is 0 Å². The average Bonchev–Trinajstić information content (AvgIpc) is 2.98. The molecule has 0 saturated heterocycles. The summed E-state index contributed by atoms with van der Waals surface area (Å²) >= 11 is 3.52. The van der Waals surface area contributed by atoms with Gasteiger partial charge in [-0.15, -0.1) is 5.10 Å². The molecule has 5 heteroatoms. The Balaban J connectivity index is 2.05. The van der Waals surface area contributed by atoms with Crippen molar-refractivity contribution >= 4 is 15.9 Å². The average molecular weight is 343 g/mol. The largest absolute Gasteiger partial charge is 0.308 e. The van der Waals surface area contributed by atoms with Gasteiger partial charge in [0.25, 0.3) is 0 Å². The lowest BCUT2D eigenvalue weighted by molar-refractivity contribution is 0.633. The van der Waals surface area contributed by atoms with E-state index in [1.807, 2.05) is 54.2 Å². The van der Waals surface area contributed by atoms with Crippen LogP contribution in [0.2, 0.25) is 0 Å². The molecule has 1 atom stereocenters. The van der Waals surface area contributed by atoms with Crippen molar-refractivity contribution in [2.24, 2.45) is 0 Å². The lowest BCUT2D eigenvalue weighted by Gasteiger charge is -2.18. The van der Waals surface area contributed by atoms with Crippen LogP contribution in [0, 0.1) is 0 Å². The molecule has 0 aliphatic rings. The third-order valence-electron chi connectivity index (χ3n) is 3.34. The predicted octanol–water partition coefficient (Wildman–Crippen LogP) is 3.34. The minimum atomic E-state index is 0.0257. The molecule has 2 aromatic carbocycles. The van der Waals surface area contributed by atoms with Gasteiger partial charge in [-0.3, -0.25) is 0 Å². The van der Waals surface area contributed by atoms with Crippen LogP contribution in [0.1, 0.15) is 17.3 Å². The molecule has 21 heavy (non-hydrogen) atoms. The normalized spacial score (nSPS) is 12.3. The van der Waals surface area contributed by atoms with Gasteiger partial charge in [0.15, 0.2) is 0 Å². The van der Waals surface area contributed by atoms with Gasteiger partial charge in [0.1, 0.15) is 0 Å². The molecular formula is C16H15BrN4. The van der Waals surface area contributed by atoms with Crippen molar-refractivity contribution in [2.75, 3.05) is 7.05 Å². The fourth-order valence-electron chi connectivity index (χ4n) is 2.38. The van der Waals surface area contributed by atoms with E-state index >= 15 is 0 Å². The monoisotopic (exact) mass is 342 g/mol. The SMILES string of the molecule is CNC(c1cccc(Br)c1)c1cnnn1-c1ccccc1. The summed E-state index contributed by atoms with van der Waals surface area (Å²) in [6.45, 7) is 0. The highest BCUT2D eigenvalue weighted by molar-refractivity contribution is 9.10. The van der Waals surface area contributed by atoms with Gasteiger partial charge >= 0.3 is 0 Å². The zero-order valence-electron chi connectivity index (χ0n) is 11.6. The fraction of sp³-hybridized carbons (Fsp3) is 0.125. The van der Waals surface area contributed by atoms with Gasteiger partial charge < -0.3 is 5.32 Å². The molecule has 0 aliphatic heterocycles. The smallest absolute Gasteiger partial charge is 0.0860 e. The highest BCUT2D eigenvalue weighted by atomic mass is 79.9. The van der Waals surface area contributed by atoms with Gasteiger partial charge in [0.05, 0.1) is 23.6 Å². The zero-order valence-corrected chi connectivity index (χ0v) is 13.2. The van der Waals surface area contributed by atoms with E-state index in [4.69, 9.17) is 0 Å². The van der Waals surface area contributed by atoms with E-state index in [2.05, 4.69) is 43.7 Å². The van der Waals surface area contributed by atoms with Crippen LogP contribution in [-0.4, -0.2) is 22.0 Å². The first-order valence-electron chi connectivity index (χ1n) is 6.68. The van der Waals surface area contributed by atoms with Crippen LogP contribution in [0.25, 0.3) is 5.69 Å². The van der Waals surface area contributed by atoms with Crippen LogP contribution < -0.4 is 5.32 Å². The molecule has 106 valence electrons. The van der Waals surface area contributed by atoms with E-state index in [9.17, 15) is 0 Å². The van der Waals surface area contributed by atoms with E-state index in [0.29, 0.717) is 0 Å². The number of hydrogen-bond acceptors (Lipinski definition) is 3. The number of rotatable bonds is 4. The number of aromatic nitrogens is 3. The van der Waals surface area contributed by atoms with Crippen molar-refractivity contribution in [2.45, 2.75) is 6.04 Å². The van der Waals surface area contributed by atoms with Gasteiger partial charge in [-0.25, -0.2) is 4.68 Å². The number of nitrogens with zero attached hydrogens (tertiary/aromatic N) is 3.